The van der Waals surface area contributed by atoms with Crippen LogP contribution in [0.3, 0.4) is 0 Å². The number of alkyl halides is 3. The van der Waals surface area contributed by atoms with Gasteiger partial charge in [-0.15, -0.1) is 0 Å². The Morgan fingerprint density at radius 1 is 0.875 bits per heavy atom. The van der Waals surface area contributed by atoms with Crippen LogP contribution in [0.1, 0.15) is 53.9 Å². The van der Waals surface area contributed by atoms with Gasteiger partial charge in [-0.3, -0.25) is 0 Å². The summed E-state index contributed by atoms with van der Waals surface area (Å²) in [5, 5.41) is 1.50. The third-order valence-corrected chi connectivity index (χ3v) is 6.74. The van der Waals surface area contributed by atoms with E-state index in [1.807, 2.05) is 18.2 Å². The number of methoxy groups -OCH3 is 1. The standard InChI is InChI=1S/C27H28F4O/c1-32-17-19-3-7-20(8-4-19)22-12-15-25-23(16-22)11-10-21(26(25)28)9-2-18-5-13-24(14-6-18)27(29,30)31/h5-6,10-16,19-20H,2-4,7-9,17H2,1H3. The lowest BCUT2D eigenvalue weighted by Crippen LogP contribution is -2.17. The predicted octanol–water partition coefficient (Wildman–Crippen LogP) is 7.70. The first-order valence-corrected chi connectivity index (χ1v) is 11.2. The van der Waals surface area contributed by atoms with Crippen molar-refractivity contribution in [1.29, 1.82) is 0 Å². The number of benzene rings is 3. The number of ether oxygens (including phenoxy) is 1. The second-order valence-electron chi connectivity index (χ2n) is 8.89. The van der Waals surface area contributed by atoms with Crippen molar-refractivity contribution in [1.82, 2.24) is 0 Å². The number of halogens is 4. The number of rotatable bonds is 6. The average molecular weight is 445 g/mol. The molecular weight excluding hydrogens is 416 g/mol. The third-order valence-electron chi connectivity index (χ3n) is 6.74. The highest BCUT2D eigenvalue weighted by Crippen LogP contribution is 2.37. The van der Waals surface area contributed by atoms with Crippen molar-refractivity contribution in [2.45, 2.75) is 50.6 Å². The second kappa shape index (κ2) is 9.62. The molecule has 3 aromatic carbocycles. The smallest absolute Gasteiger partial charge is 0.384 e. The minimum atomic E-state index is -4.34. The zero-order valence-electron chi connectivity index (χ0n) is 18.2. The molecule has 3 aromatic rings. The Morgan fingerprint density at radius 2 is 1.59 bits per heavy atom. The molecule has 0 atom stereocenters. The van der Waals surface area contributed by atoms with Gasteiger partial charge in [-0.05, 0) is 84.6 Å². The molecule has 0 aliphatic heterocycles. The van der Waals surface area contributed by atoms with Gasteiger partial charge < -0.3 is 4.74 Å². The zero-order valence-corrected chi connectivity index (χ0v) is 18.2. The maximum Gasteiger partial charge on any atom is 0.416 e. The molecule has 1 aliphatic rings. The minimum Gasteiger partial charge on any atom is -0.384 e. The molecule has 0 radical (unpaired) electrons. The van der Waals surface area contributed by atoms with Crippen LogP contribution in [0.4, 0.5) is 17.6 Å². The van der Waals surface area contributed by atoms with Crippen LogP contribution < -0.4 is 0 Å². The summed E-state index contributed by atoms with van der Waals surface area (Å²) >= 11 is 0. The Kier molecular flexibility index (Phi) is 6.85. The van der Waals surface area contributed by atoms with Gasteiger partial charge in [0.1, 0.15) is 5.82 Å². The van der Waals surface area contributed by atoms with Gasteiger partial charge in [-0.2, -0.15) is 13.2 Å². The van der Waals surface area contributed by atoms with Crippen LogP contribution in [0.25, 0.3) is 10.8 Å². The minimum absolute atomic E-state index is 0.232. The Hall–Kier alpha value is -2.40. The maximum absolute atomic E-state index is 15.1. The number of hydrogen-bond donors (Lipinski definition) is 0. The summed E-state index contributed by atoms with van der Waals surface area (Å²) in [4.78, 5) is 0. The summed E-state index contributed by atoms with van der Waals surface area (Å²) in [5.74, 6) is 0.918. The van der Waals surface area contributed by atoms with Crippen molar-refractivity contribution < 1.29 is 22.3 Å². The molecule has 4 rings (SSSR count). The van der Waals surface area contributed by atoms with E-state index in [2.05, 4.69) is 6.07 Å². The Balaban J connectivity index is 1.44. The van der Waals surface area contributed by atoms with Crippen LogP contribution in [-0.4, -0.2) is 13.7 Å². The maximum atomic E-state index is 15.1. The fraction of sp³-hybridized carbons (Fsp3) is 0.407. The van der Waals surface area contributed by atoms with Crippen LogP contribution in [0, 0.1) is 11.7 Å². The molecule has 1 nitrogen and oxygen atoms in total. The topological polar surface area (TPSA) is 9.23 Å². The number of fused-ring (bicyclic) bond motifs is 1. The fourth-order valence-electron chi connectivity index (χ4n) is 4.84. The van der Waals surface area contributed by atoms with E-state index >= 15 is 4.39 Å². The molecule has 0 unspecified atom stereocenters. The van der Waals surface area contributed by atoms with Crippen molar-refractivity contribution in [3.05, 3.63) is 82.7 Å². The van der Waals surface area contributed by atoms with E-state index in [4.69, 9.17) is 4.74 Å². The van der Waals surface area contributed by atoms with Crippen LogP contribution in [0.5, 0.6) is 0 Å². The van der Waals surface area contributed by atoms with Crippen LogP contribution in [0.2, 0.25) is 0 Å². The van der Waals surface area contributed by atoms with E-state index in [9.17, 15) is 13.2 Å². The van der Waals surface area contributed by atoms with Gasteiger partial charge in [0.2, 0.25) is 0 Å². The summed E-state index contributed by atoms with van der Waals surface area (Å²) in [6, 6.07) is 14.9. The lowest BCUT2D eigenvalue weighted by Gasteiger charge is -2.28. The molecule has 0 heterocycles. The highest BCUT2D eigenvalue weighted by atomic mass is 19.4. The van der Waals surface area contributed by atoms with Crippen LogP contribution in [0.15, 0.2) is 54.6 Å². The monoisotopic (exact) mass is 444 g/mol. The summed E-state index contributed by atoms with van der Waals surface area (Å²) in [7, 11) is 1.75. The van der Waals surface area contributed by atoms with Gasteiger partial charge in [0.05, 0.1) is 5.56 Å². The van der Waals surface area contributed by atoms with E-state index in [1.54, 1.807) is 13.2 Å². The first-order chi connectivity index (χ1) is 15.3. The van der Waals surface area contributed by atoms with E-state index in [-0.39, 0.29) is 5.82 Å². The molecule has 32 heavy (non-hydrogen) atoms. The lowest BCUT2D eigenvalue weighted by atomic mass is 9.78. The molecule has 1 fully saturated rings. The van der Waals surface area contributed by atoms with E-state index < -0.39 is 11.7 Å². The predicted molar refractivity (Wildman–Crippen MR) is 119 cm³/mol. The molecule has 0 spiro atoms. The molecule has 1 aliphatic carbocycles. The zero-order chi connectivity index (χ0) is 22.7. The summed E-state index contributed by atoms with van der Waals surface area (Å²) < 4.78 is 58.6. The van der Waals surface area contributed by atoms with Crippen LogP contribution >= 0.6 is 0 Å². The molecule has 0 amide bonds. The van der Waals surface area contributed by atoms with Crippen molar-refractivity contribution in [3.63, 3.8) is 0 Å². The first-order valence-electron chi connectivity index (χ1n) is 11.2. The van der Waals surface area contributed by atoms with Crippen molar-refractivity contribution >= 4 is 10.8 Å². The molecule has 0 saturated heterocycles. The van der Waals surface area contributed by atoms with Crippen LogP contribution in [-0.2, 0) is 23.8 Å². The SMILES string of the molecule is COCC1CCC(c2ccc3c(F)c(CCc4ccc(C(F)(F)F)cc4)ccc3c2)CC1. The summed E-state index contributed by atoms with van der Waals surface area (Å²) in [6.45, 7) is 0.824. The van der Waals surface area contributed by atoms with Gasteiger partial charge >= 0.3 is 6.18 Å². The molecule has 0 bridgehead atoms. The quantitative estimate of drug-likeness (QED) is 0.354. The molecule has 0 aromatic heterocycles. The van der Waals surface area contributed by atoms with Crippen molar-refractivity contribution in [2.24, 2.45) is 5.92 Å². The molecular formula is C27H28F4O. The van der Waals surface area contributed by atoms with E-state index in [0.29, 0.717) is 35.6 Å². The highest BCUT2D eigenvalue weighted by molar-refractivity contribution is 5.84. The van der Waals surface area contributed by atoms with E-state index in [0.717, 1.165) is 55.4 Å². The van der Waals surface area contributed by atoms with Gasteiger partial charge in [0, 0.05) is 19.1 Å². The number of aryl methyl sites for hydroxylation is 2. The second-order valence-corrected chi connectivity index (χ2v) is 8.89. The highest BCUT2D eigenvalue weighted by Gasteiger charge is 2.30. The normalized spacial score (nSPS) is 19.4. The van der Waals surface area contributed by atoms with Crippen molar-refractivity contribution in [3.8, 4) is 0 Å². The molecule has 0 N–H and O–H groups in total. The van der Waals surface area contributed by atoms with E-state index in [1.165, 1.54) is 17.7 Å². The Bertz CT molecular complexity index is 1050. The molecule has 5 heteroatoms. The molecule has 1 saturated carbocycles. The van der Waals surface area contributed by atoms with Crippen molar-refractivity contribution in [2.75, 3.05) is 13.7 Å². The van der Waals surface area contributed by atoms with Gasteiger partial charge in [0.25, 0.3) is 0 Å². The average Bonchev–Trinajstić information content (AvgIpc) is 2.79. The summed E-state index contributed by atoms with van der Waals surface area (Å²) in [5.41, 5.74) is 1.95. The van der Waals surface area contributed by atoms with Gasteiger partial charge in [-0.25, -0.2) is 4.39 Å². The Labute approximate surface area is 186 Å². The summed E-state index contributed by atoms with van der Waals surface area (Å²) in [6.07, 6.45) is 1.18. The number of hydrogen-bond acceptors (Lipinski definition) is 1. The lowest BCUT2D eigenvalue weighted by molar-refractivity contribution is -0.137. The Morgan fingerprint density at radius 3 is 2.25 bits per heavy atom. The largest absolute Gasteiger partial charge is 0.416 e. The first kappa shape index (κ1) is 22.8. The fourth-order valence-corrected chi connectivity index (χ4v) is 4.84. The van der Waals surface area contributed by atoms with Gasteiger partial charge in [0.15, 0.2) is 0 Å². The van der Waals surface area contributed by atoms with Gasteiger partial charge in [-0.1, -0.05) is 42.5 Å². The molecule has 170 valence electrons. The third kappa shape index (κ3) is 5.15.